The molecule has 0 unspecified atom stereocenters. The van der Waals surface area contributed by atoms with Gasteiger partial charge in [-0.15, -0.1) is 0 Å². The Hall–Kier alpha value is -4.85. The highest BCUT2D eigenvalue weighted by Crippen LogP contribution is 2.32. The monoisotopic (exact) mass is 514 g/mol. The predicted molar refractivity (Wildman–Crippen MR) is 145 cm³/mol. The number of nitrogens with zero attached hydrogens (tertiary/aromatic N) is 6. The normalized spacial score (nSPS) is 11.9. The Morgan fingerprint density at radius 2 is 1.97 bits per heavy atom. The van der Waals surface area contributed by atoms with E-state index in [1.54, 1.807) is 24.3 Å². The Bertz CT molecular complexity index is 1410. The second-order valence-corrected chi connectivity index (χ2v) is 9.00. The van der Waals surface area contributed by atoms with E-state index in [0.29, 0.717) is 47.0 Å². The molecule has 0 spiro atoms. The third-order valence-corrected chi connectivity index (χ3v) is 5.78. The smallest absolute Gasteiger partial charge is 0.303 e. The number of rotatable bonds is 11. The summed E-state index contributed by atoms with van der Waals surface area (Å²) in [5, 5.41) is 22.3. The molecule has 0 saturated heterocycles. The van der Waals surface area contributed by atoms with E-state index in [1.807, 2.05) is 39.0 Å². The van der Waals surface area contributed by atoms with Gasteiger partial charge in [-0.3, -0.25) is 14.8 Å². The lowest BCUT2D eigenvalue weighted by atomic mass is 9.84. The number of para-hydroxylation sites is 1. The van der Waals surface area contributed by atoms with E-state index in [2.05, 4.69) is 31.1 Å². The predicted octanol–water partition coefficient (Wildman–Crippen LogP) is 3.47. The summed E-state index contributed by atoms with van der Waals surface area (Å²) >= 11 is 0. The lowest BCUT2D eigenvalue weighted by molar-refractivity contribution is -0.137. The van der Waals surface area contributed by atoms with Crippen molar-refractivity contribution in [2.24, 2.45) is 15.9 Å². The standard InChI is InChI=1S/C27H30N8O3/c1-4-38-25-17(14-28)7-5-9-19(25)20-13-21(34-26(29)33-20)22(35-30)16-31-15-18-8-6-10-23(32-18)27(2,3)12-11-24(36)37/h5-10,13,16H,4,11-12,15,30H2,1-3H3,(H,36,37)(H2,29,33,34). The SMILES string of the molecule is CCOc1c(C#N)cccc1-c1cc(C(C=NCc2cccc(C(C)(C)CCC(=O)O)n2)=NN)nc(N)n1. The summed E-state index contributed by atoms with van der Waals surface area (Å²) in [7, 11) is 0. The van der Waals surface area contributed by atoms with Crippen LogP contribution in [0.25, 0.3) is 11.3 Å². The number of aliphatic carboxylic acids is 1. The largest absolute Gasteiger partial charge is 0.492 e. The first-order valence-corrected chi connectivity index (χ1v) is 12.0. The van der Waals surface area contributed by atoms with Crippen LogP contribution in [-0.2, 0) is 16.8 Å². The summed E-state index contributed by atoms with van der Waals surface area (Å²) in [6.45, 7) is 6.37. The average molecular weight is 515 g/mol. The van der Waals surface area contributed by atoms with Crippen molar-refractivity contribution in [2.75, 3.05) is 12.3 Å². The van der Waals surface area contributed by atoms with Crippen molar-refractivity contribution in [3.8, 4) is 23.1 Å². The van der Waals surface area contributed by atoms with Gasteiger partial charge in [-0.2, -0.15) is 10.4 Å². The molecule has 5 N–H and O–H groups in total. The molecule has 0 aliphatic rings. The molecule has 0 radical (unpaired) electrons. The molecule has 1 aromatic carbocycles. The number of hydrazone groups is 1. The van der Waals surface area contributed by atoms with Gasteiger partial charge in [0.25, 0.3) is 0 Å². The highest BCUT2D eigenvalue weighted by atomic mass is 16.5. The van der Waals surface area contributed by atoms with Crippen LogP contribution in [0.1, 0.15) is 56.3 Å². The van der Waals surface area contributed by atoms with Gasteiger partial charge in [0.2, 0.25) is 5.95 Å². The molecule has 3 aromatic rings. The van der Waals surface area contributed by atoms with E-state index in [4.69, 9.17) is 21.4 Å². The number of carboxylic acids is 1. The number of pyridine rings is 1. The first kappa shape index (κ1) is 27.7. The minimum atomic E-state index is -0.840. The fourth-order valence-corrected chi connectivity index (χ4v) is 3.74. The van der Waals surface area contributed by atoms with Crippen molar-refractivity contribution in [2.45, 2.75) is 45.6 Å². The quantitative estimate of drug-likeness (QED) is 0.196. The maximum Gasteiger partial charge on any atom is 0.303 e. The van der Waals surface area contributed by atoms with E-state index in [9.17, 15) is 10.1 Å². The van der Waals surface area contributed by atoms with Crippen LogP contribution in [0.4, 0.5) is 5.95 Å². The number of carboxylic acid groups (broad SMARTS) is 1. The van der Waals surface area contributed by atoms with Gasteiger partial charge in [0.15, 0.2) is 0 Å². The second kappa shape index (κ2) is 12.4. The van der Waals surface area contributed by atoms with Crippen LogP contribution >= 0.6 is 0 Å². The molecule has 0 amide bonds. The first-order chi connectivity index (χ1) is 18.2. The van der Waals surface area contributed by atoms with Crippen molar-refractivity contribution in [1.29, 1.82) is 5.26 Å². The molecule has 0 saturated carbocycles. The Balaban J connectivity index is 1.85. The van der Waals surface area contributed by atoms with Gasteiger partial charge in [0.05, 0.1) is 42.0 Å². The number of benzene rings is 1. The summed E-state index contributed by atoms with van der Waals surface area (Å²) in [6.07, 6.45) is 2.00. The number of anilines is 1. The van der Waals surface area contributed by atoms with Crippen LogP contribution in [0, 0.1) is 11.3 Å². The number of carbonyl (C=O) groups is 1. The Labute approximate surface area is 220 Å². The summed E-state index contributed by atoms with van der Waals surface area (Å²) in [6, 6.07) is 14.5. The lowest BCUT2D eigenvalue weighted by Crippen LogP contribution is -2.20. The van der Waals surface area contributed by atoms with Crippen LogP contribution in [0.15, 0.2) is 52.6 Å². The summed E-state index contributed by atoms with van der Waals surface area (Å²) < 4.78 is 5.71. The third-order valence-electron chi connectivity index (χ3n) is 5.78. The third kappa shape index (κ3) is 6.88. The van der Waals surface area contributed by atoms with Crippen molar-refractivity contribution >= 4 is 23.8 Å². The topological polar surface area (TPSA) is 186 Å². The summed E-state index contributed by atoms with van der Waals surface area (Å²) in [4.78, 5) is 28.7. The van der Waals surface area contributed by atoms with Gasteiger partial charge in [0, 0.05) is 23.1 Å². The van der Waals surface area contributed by atoms with Gasteiger partial charge in [-0.25, -0.2) is 9.97 Å². The zero-order valence-corrected chi connectivity index (χ0v) is 21.5. The van der Waals surface area contributed by atoms with Crippen molar-refractivity contribution in [3.05, 3.63) is 65.1 Å². The molecule has 0 bridgehead atoms. The highest BCUT2D eigenvalue weighted by Gasteiger charge is 2.23. The fraction of sp³-hybridized carbons (Fsp3) is 0.296. The zero-order valence-electron chi connectivity index (χ0n) is 21.5. The molecule has 2 aromatic heterocycles. The van der Waals surface area contributed by atoms with E-state index in [1.165, 1.54) is 6.21 Å². The minimum absolute atomic E-state index is 0.00480. The van der Waals surface area contributed by atoms with Crippen molar-refractivity contribution < 1.29 is 14.6 Å². The molecule has 0 aliphatic carbocycles. The van der Waals surface area contributed by atoms with E-state index >= 15 is 0 Å². The van der Waals surface area contributed by atoms with Gasteiger partial charge < -0.3 is 21.4 Å². The van der Waals surface area contributed by atoms with Crippen LogP contribution in [0.3, 0.4) is 0 Å². The number of aromatic nitrogens is 3. The zero-order chi connectivity index (χ0) is 27.7. The van der Waals surface area contributed by atoms with Crippen LogP contribution in [0.5, 0.6) is 5.75 Å². The molecule has 196 valence electrons. The second-order valence-electron chi connectivity index (χ2n) is 9.00. The molecule has 0 fully saturated rings. The Morgan fingerprint density at radius 3 is 2.66 bits per heavy atom. The lowest BCUT2D eigenvalue weighted by Gasteiger charge is -2.23. The van der Waals surface area contributed by atoms with Crippen molar-refractivity contribution in [1.82, 2.24) is 15.0 Å². The van der Waals surface area contributed by atoms with Gasteiger partial charge in [-0.1, -0.05) is 26.0 Å². The Morgan fingerprint density at radius 1 is 1.21 bits per heavy atom. The molecule has 0 atom stereocenters. The minimum Gasteiger partial charge on any atom is -0.492 e. The molecular formula is C27H30N8O3. The number of nitrogen functional groups attached to an aromatic ring is 1. The Kier molecular flexibility index (Phi) is 9.05. The fourth-order valence-electron chi connectivity index (χ4n) is 3.74. The molecule has 11 nitrogen and oxygen atoms in total. The molecule has 38 heavy (non-hydrogen) atoms. The van der Waals surface area contributed by atoms with Crippen LogP contribution in [0.2, 0.25) is 0 Å². The van der Waals surface area contributed by atoms with Gasteiger partial charge in [-0.05, 0) is 43.7 Å². The number of hydrogen-bond acceptors (Lipinski definition) is 10. The van der Waals surface area contributed by atoms with E-state index in [-0.39, 0.29) is 24.6 Å². The van der Waals surface area contributed by atoms with Crippen LogP contribution in [-0.4, -0.2) is 44.6 Å². The molecule has 0 aliphatic heterocycles. The number of hydrogen-bond donors (Lipinski definition) is 3. The molecule has 3 rings (SSSR count). The summed E-state index contributed by atoms with van der Waals surface area (Å²) in [5.41, 5.74) is 9.10. The van der Waals surface area contributed by atoms with Gasteiger partial charge in [0.1, 0.15) is 17.5 Å². The molecule has 11 heteroatoms. The van der Waals surface area contributed by atoms with E-state index in [0.717, 1.165) is 5.69 Å². The number of aliphatic imine (C=N–C) groups is 1. The molecule has 2 heterocycles. The highest BCUT2D eigenvalue weighted by molar-refractivity contribution is 6.37. The number of nitrogens with two attached hydrogens (primary N) is 2. The summed E-state index contributed by atoms with van der Waals surface area (Å²) in [5.74, 6) is 5.21. The maximum absolute atomic E-state index is 11.0. The first-order valence-electron chi connectivity index (χ1n) is 12.0. The van der Waals surface area contributed by atoms with Gasteiger partial charge >= 0.3 is 5.97 Å². The molecular weight excluding hydrogens is 484 g/mol. The number of nitriles is 1. The van der Waals surface area contributed by atoms with E-state index < -0.39 is 11.4 Å². The number of ether oxygens (including phenoxy) is 1. The van der Waals surface area contributed by atoms with Crippen LogP contribution < -0.4 is 16.3 Å². The maximum atomic E-state index is 11.0. The van der Waals surface area contributed by atoms with Crippen molar-refractivity contribution in [3.63, 3.8) is 0 Å². The average Bonchev–Trinajstić information content (AvgIpc) is 2.90.